The summed E-state index contributed by atoms with van der Waals surface area (Å²) in [6.45, 7) is 7.31. The summed E-state index contributed by atoms with van der Waals surface area (Å²) in [5, 5.41) is 7.68. The standard InChI is InChI=1S/C14H23N3O/c1-5-10(3)17(6-2)13-9-11(18-4)7-8-12(13)14(15)16/h7-10H,5-6H2,1-4H3,(H3,15,16). The van der Waals surface area contributed by atoms with Crippen molar-refractivity contribution in [3.05, 3.63) is 23.8 Å². The predicted molar refractivity (Wildman–Crippen MR) is 76.8 cm³/mol. The van der Waals surface area contributed by atoms with Crippen LogP contribution in [0.15, 0.2) is 18.2 Å². The summed E-state index contributed by atoms with van der Waals surface area (Å²) in [5.41, 5.74) is 7.39. The first-order valence-electron chi connectivity index (χ1n) is 6.34. The van der Waals surface area contributed by atoms with Gasteiger partial charge in [-0.05, 0) is 32.4 Å². The number of amidine groups is 1. The molecule has 0 spiro atoms. The van der Waals surface area contributed by atoms with Crippen molar-refractivity contribution < 1.29 is 4.74 Å². The molecule has 1 unspecified atom stereocenters. The third-order valence-electron chi connectivity index (χ3n) is 3.27. The summed E-state index contributed by atoms with van der Waals surface area (Å²) < 4.78 is 5.26. The minimum Gasteiger partial charge on any atom is -0.497 e. The van der Waals surface area contributed by atoms with Gasteiger partial charge in [-0.1, -0.05) is 6.92 Å². The van der Waals surface area contributed by atoms with Gasteiger partial charge in [0.1, 0.15) is 11.6 Å². The van der Waals surface area contributed by atoms with E-state index in [-0.39, 0.29) is 5.84 Å². The fourth-order valence-corrected chi connectivity index (χ4v) is 2.04. The number of hydrogen-bond acceptors (Lipinski definition) is 3. The summed E-state index contributed by atoms with van der Waals surface area (Å²) in [6.07, 6.45) is 1.04. The molecular formula is C14H23N3O. The van der Waals surface area contributed by atoms with Crippen LogP contribution >= 0.6 is 0 Å². The van der Waals surface area contributed by atoms with Crippen LogP contribution in [0.4, 0.5) is 5.69 Å². The maximum Gasteiger partial charge on any atom is 0.124 e. The van der Waals surface area contributed by atoms with Crippen molar-refractivity contribution in [2.75, 3.05) is 18.6 Å². The van der Waals surface area contributed by atoms with E-state index in [2.05, 4.69) is 25.7 Å². The van der Waals surface area contributed by atoms with Crippen molar-refractivity contribution in [3.63, 3.8) is 0 Å². The molecule has 0 aliphatic carbocycles. The average molecular weight is 249 g/mol. The van der Waals surface area contributed by atoms with E-state index >= 15 is 0 Å². The van der Waals surface area contributed by atoms with Gasteiger partial charge in [0, 0.05) is 24.2 Å². The van der Waals surface area contributed by atoms with E-state index in [0.717, 1.165) is 30.0 Å². The third kappa shape index (κ3) is 2.94. The summed E-state index contributed by atoms with van der Waals surface area (Å²) in [5.74, 6) is 0.881. The number of hydrogen-bond donors (Lipinski definition) is 2. The lowest BCUT2D eigenvalue weighted by atomic mass is 10.1. The molecule has 0 heterocycles. The van der Waals surface area contributed by atoms with Gasteiger partial charge in [0.05, 0.1) is 12.8 Å². The summed E-state index contributed by atoms with van der Waals surface area (Å²) >= 11 is 0. The molecule has 1 atom stereocenters. The molecule has 0 aromatic heterocycles. The lowest BCUT2D eigenvalue weighted by molar-refractivity contribution is 0.414. The van der Waals surface area contributed by atoms with Crippen LogP contribution in [-0.2, 0) is 0 Å². The summed E-state index contributed by atoms with van der Waals surface area (Å²) in [6, 6.07) is 6.04. The maximum atomic E-state index is 7.68. The van der Waals surface area contributed by atoms with Gasteiger partial charge < -0.3 is 15.4 Å². The zero-order chi connectivity index (χ0) is 13.7. The Balaban J connectivity index is 3.28. The molecule has 1 aromatic carbocycles. The lowest BCUT2D eigenvalue weighted by Crippen LogP contribution is -2.34. The largest absolute Gasteiger partial charge is 0.497 e. The van der Waals surface area contributed by atoms with Crippen molar-refractivity contribution in [2.24, 2.45) is 5.73 Å². The van der Waals surface area contributed by atoms with Gasteiger partial charge in [-0.3, -0.25) is 5.41 Å². The quantitative estimate of drug-likeness (QED) is 0.601. The van der Waals surface area contributed by atoms with Gasteiger partial charge in [0.25, 0.3) is 0 Å². The topological polar surface area (TPSA) is 62.3 Å². The number of methoxy groups -OCH3 is 1. The van der Waals surface area contributed by atoms with Gasteiger partial charge >= 0.3 is 0 Å². The Morgan fingerprint density at radius 2 is 2.11 bits per heavy atom. The number of nitrogen functional groups attached to an aromatic ring is 1. The van der Waals surface area contributed by atoms with Gasteiger partial charge in [-0.2, -0.15) is 0 Å². The van der Waals surface area contributed by atoms with Gasteiger partial charge in [-0.15, -0.1) is 0 Å². The molecule has 0 aliphatic heterocycles. The zero-order valence-electron chi connectivity index (χ0n) is 11.7. The Hall–Kier alpha value is -1.71. The van der Waals surface area contributed by atoms with E-state index in [1.165, 1.54) is 0 Å². The molecular weight excluding hydrogens is 226 g/mol. The highest BCUT2D eigenvalue weighted by molar-refractivity contribution is 6.00. The highest BCUT2D eigenvalue weighted by Crippen LogP contribution is 2.28. The molecule has 0 saturated heterocycles. The van der Waals surface area contributed by atoms with Crippen LogP contribution in [0.25, 0.3) is 0 Å². The molecule has 0 saturated carbocycles. The molecule has 1 rings (SSSR count). The van der Waals surface area contributed by atoms with Crippen LogP contribution in [0.5, 0.6) is 5.75 Å². The van der Waals surface area contributed by atoms with E-state index in [4.69, 9.17) is 15.9 Å². The first-order chi connectivity index (χ1) is 8.54. The minimum atomic E-state index is 0.0920. The van der Waals surface area contributed by atoms with Crippen LogP contribution in [0.2, 0.25) is 0 Å². The minimum absolute atomic E-state index is 0.0920. The lowest BCUT2D eigenvalue weighted by Gasteiger charge is -2.31. The number of rotatable bonds is 6. The van der Waals surface area contributed by atoms with E-state index < -0.39 is 0 Å². The van der Waals surface area contributed by atoms with Crippen LogP contribution in [0, 0.1) is 5.41 Å². The number of benzene rings is 1. The summed E-state index contributed by atoms with van der Waals surface area (Å²) in [7, 11) is 1.64. The second kappa shape index (κ2) is 6.28. The zero-order valence-corrected chi connectivity index (χ0v) is 11.7. The molecule has 4 heteroatoms. The Kier molecular flexibility index (Phi) is 5.01. The first-order valence-corrected chi connectivity index (χ1v) is 6.34. The molecule has 100 valence electrons. The van der Waals surface area contributed by atoms with E-state index in [1.807, 2.05) is 18.2 Å². The van der Waals surface area contributed by atoms with Crippen molar-refractivity contribution in [2.45, 2.75) is 33.2 Å². The second-order valence-electron chi connectivity index (χ2n) is 4.34. The molecule has 18 heavy (non-hydrogen) atoms. The Labute approximate surface area is 109 Å². The maximum absolute atomic E-state index is 7.68. The molecule has 0 aliphatic rings. The van der Waals surface area contributed by atoms with Crippen molar-refractivity contribution >= 4 is 11.5 Å². The molecule has 0 bridgehead atoms. The Morgan fingerprint density at radius 1 is 1.44 bits per heavy atom. The van der Waals surface area contributed by atoms with Crippen LogP contribution in [0.3, 0.4) is 0 Å². The van der Waals surface area contributed by atoms with Gasteiger partial charge in [0.2, 0.25) is 0 Å². The molecule has 0 radical (unpaired) electrons. The van der Waals surface area contributed by atoms with E-state index in [9.17, 15) is 0 Å². The Bertz CT molecular complexity index is 418. The molecule has 4 nitrogen and oxygen atoms in total. The normalized spacial score (nSPS) is 12.0. The number of nitrogens with zero attached hydrogens (tertiary/aromatic N) is 1. The van der Waals surface area contributed by atoms with Crippen molar-refractivity contribution in [1.82, 2.24) is 0 Å². The highest BCUT2D eigenvalue weighted by atomic mass is 16.5. The predicted octanol–water partition coefficient (Wildman–Crippen LogP) is 2.60. The smallest absolute Gasteiger partial charge is 0.124 e. The average Bonchev–Trinajstić information content (AvgIpc) is 2.38. The molecule has 1 aromatic rings. The molecule has 0 amide bonds. The van der Waals surface area contributed by atoms with Crippen molar-refractivity contribution in [3.8, 4) is 5.75 Å². The number of anilines is 1. The van der Waals surface area contributed by atoms with Crippen LogP contribution in [-0.4, -0.2) is 25.5 Å². The van der Waals surface area contributed by atoms with Crippen LogP contribution in [0.1, 0.15) is 32.8 Å². The number of nitrogens with two attached hydrogens (primary N) is 1. The SMILES string of the molecule is CCC(C)N(CC)c1cc(OC)ccc1C(=N)N. The van der Waals surface area contributed by atoms with E-state index in [1.54, 1.807) is 7.11 Å². The van der Waals surface area contributed by atoms with Crippen LogP contribution < -0.4 is 15.4 Å². The number of ether oxygens (including phenoxy) is 1. The summed E-state index contributed by atoms with van der Waals surface area (Å²) in [4.78, 5) is 2.25. The highest BCUT2D eigenvalue weighted by Gasteiger charge is 2.17. The molecule has 3 N–H and O–H groups in total. The molecule has 0 fully saturated rings. The third-order valence-corrected chi connectivity index (χ3v) is 3.27. The van der Waals surface area contributed by atoms with Crippen molar-refractivity contribution in [1.29, 1.82) is 5.41 Å². The van der Waals surface area contributed by atoms with Gasteiger partial charge in [0.15, 0.2) is 0 Å². The fraction of sp³-hybridized carbons (Fsp3) is 0.500. The van der Waals surface area contributed by atoms with Gasteiger partial charge in [-0.25, -0.2) is 0 Å². The Morgan fingerprint density at radius 3 is 2.56 bits per heavy atom. The fourth-order valence-electron chi connectivity index (χ4n) is 2.04. The van der Waals surface area contributed by atoms with E-state index in [0.29, 0.717) is 6.04 Å². The second-order valence-corrected chi connectivity index (χ2v) is 4.34. The first kappa shape index (κ1) is 14.4. The number of nitrogens with one attached hydrogen (secondary N) is 1. The monoisotopic (exact) mass is 249 g/mol.